The van der Waals surface area contributed by atoms with Gasteiger partial charge < -0.3 is 36.1 Å². The standard InChI is InChI=1S/C28H29N3O6.C2HF3O2/c29-24(26(33)31-25(15-32)27(34)36-16-18-8-2-1-3-9-18)14-30-28(35)37-17-23-21-12-6-4-10-19(21)20-11-5-7-13-22(20)23;3-2(4,5)1(6)7/h1-13,23-25,32H,14-17,29H2,(H,30,35)(H,31,33);(H,6,7). The number of benzene rings is 3. The van der Waals surface area contributed by atoms with Crippen molar-refractivity contribution in [2.24, 2.45) is 5.73 Å². The molecule has 0 spiro atoms. The van der Waals surface area contributed by atoms with Crippen LogP contribution in [-0.2, 0) is 30.5 Å². The summed E-state index contributed by atoms with van der Waals surface area (Å²) in [6.45, 7) is -0.756. The maximum Gasteiger partial charge on any atom is 0.490 e. The molecule has 3 aromatic carbocycles. The van der Waals surface area contributed by atoms with Crippen molar-refractivity contribution in [3.8, 4) is 11.1 Å². The largest absolute Gasteiger partial charge is 0.490 e. The Bertz CT molecular complexity index is 1410. The number of hydrogen-bond donors (Lipinski definition) is 5. The number of ether oxygens (including phenoxy) is 2. The van der Waals surface area contributed by atoms with E-state index in [0.717, 1.165) is 27.8 Å². The normalized spacial score (nSPS) is 13.2. The van der Waals surface area contributed by atoms with E-state index in [2.05, 4.69) is 10.6 Å². The molecule has 0 saturated heterocycles. The van der Waals surface area contributed by atoms with E-state index < -0.39 is 48.8 Å². The van der Waals surface area contributed by atoms with Gasteiger partial charge in [0.1, 0.15) is 19.3 Å². The fourth-order valence-electron chi connectivity index (χ4n) is 4.22. The third-order valence-corrected chi connectivity index (χ3v) is 6.40. The van der Waals surface area contributed by atoms with Gasteiger partial charge in [-0.05, 0) is 27.8 Å². The summed E-state index contributed by atoms with van der Waals surface area (Å²) >= 11 is 0. The number of alkyl carbamates (subject to hydrolysis) is 1. The monoisotopic (exact) mass is 617 g/mol. The van der Waals surface area contributed by atoms with Crippen molar-refractivity contribution in [2.75, 3.05) is 19.8 Å². The predicted octanol–water partition coefficient (Wildman–Crippen LogP) is 2.71. The van der Waals surface area contributed by atoms with Crippen LogP contribution >= 0.6 is 0 Å². The summed E-state index contributed by atoms with van der Waals surface area (Å²) < 4.78 is 42.3. The molecule has 234 valence electrons. The topological polar surface area (TPSA) is 177 Å². The van der Waals surface area contributed by atoms with Gasteiger partial charge in [-0.1, -0.05) is 78.9 Å². The van der Waals surface area contributed by atoms with Gasteiger partial charge in [0.05, 0.1) is 6.61 Å². The number of aliphatic hydroxyl groups excluding tert-OH is 1. The van der Waals surface area contributed by atoms with Crippen LogP contribution in [-0.4, -0.2) is 72.2 Å². The van der Waals surface area contributed by atoms with Gasteiger partial charge in [-0.15, -0.1) is 0 Å². The van der Waals surface area contributed by atoms with Crippen LogP contribution in [0, 0.1) is 0 Å². The zero-order valence-corrected chi connectivity index (χ0v) is 23.1. The lowest BCUT2D eigenvalue weighted by Crippen LogP contribution is -2.53. The summed E-state index contributed by atoms with van der Waals surface area (Å²) in [5.74, 6) is -4.37. The molecular formula is C30H30F3N3O8. The minimum atomic E-state index is -5.08. The smallest absolute Gasteiger partial charge is 0.475 e. The maximum atomic E-state index is 12.4. The minimum absolute atomic E-state index is 0.00143. The summed E-state index contributed by atoms with van der Waals surface area (Å²) in [4.78, 5) is 45.8. The number of halogens is 3. The molecule has 3 aromatic rings. The van der Waals surface area contributed by atoms with Crippen LogP contribution < -0.4 is 16.4 Å². The highest BCUT2D eigenvalue weighted by Gasteiger charge is 2.38. The lowest BCUT2D eigenvalue weighted by molar-refractivity contribution is -0.192. The van der Waals surface area contributed by atoms with Crippen LogP contribution in [0.3, 0.4) is 0 Å². The summed E-state index contributed by atoms with van der Waals surface area (Å²) in [5.41, 5.74) is 11.0. The zero-order chi connectivity index (χ0) is 32.3. The van der Waals surface area contributed by atoms with Crippen molar-refractivity contribution in [3.63, 3.8) is 0 Å². The minimum Gasteiger partial charge on any atom is -0.475 e. The number of amides is 2. The molecule has 0 fully saturated rings. The fraction of sp³-hybridized carbons (Fsp3) is 0.267. The third-order valence-electron chi connectivity index (χ3n) is 6.40. The van der Waals surface area contributed by atoms with Gasteiger partial charge in [0.25, 0.3) is 0 Å². The molecule has 2 amide bonds. The molecule has 0 saturated carbocycles. The number of nitrogens with two attached hydrogens (primary N) is 1. The molecule has 2 unspecified atom stereocenters. The molecule has 1 aliphatic carbocycles. The molecule has 0 aliphatic heterocycles. The average molecular weight is 618 g/mol. The number of nitrogens with one attached hydrogen (secondary N) is 2. The first kappa shape index (κ1) is 33.6. The first-order valence-electron chi connectivity index (χ1n) is 13.2. The summed E-state index contributed by atoms with van der Waals surface area (Å²) in [6, 6.07) is 22.5. The summed E-state index contributed by atoms with van der Waals surface area (Å²) in [5, 5.41) is 21.5. The van der Waals surface area contributed by atoms with Crippen LogP contribution in [0.2, 0.25) is 0 Å². The molecule has 2 atom stereocenters. The Labute approximate surface area is 249 Å². The second-order valence-electron chi connectivity index (χ2n) is 9.45. The number of fused-ring (bicyclic) bond motifs is 3. The lowest BCUT2D eigenvalue weighted by atomic mass is 9.98. The first-order valence-corrected chi connectivity index (χ1v) is 13.2. The van der Waals surface area contributed by atoms with Crippen molar-refractivity contribution in [3.05, 3.63) is 95.6 Å². The molecular weight excluding hydrogens is 587 g/mol. The van der Waals surface area contributed by atoms with E-state index in [4.69, 9.17) is 25.1 Å². The molecule has 0 aromatic heterocycles. The van der Waals surface area contributed by atoms with E-state index >= 15 is 0 Å². The molecule has 4 rings (SSSR count). The molecule has 1 aliphatic rings. The van der Waals surface area contributed by atoms with Crippen LogP contribution in [0.1, 0.15) is 22.6 Å². The van der Waals surface area contributed by atoms with Crippen LogP contribution in [0.25, 0.3) is 11.1 Å². The van der Waals surface area contributed by atoms with Gasteiger partial charge in [-0.25, -0.2) is 14.4 Å². The van der Waals surface area contributed by atoms with E-state index in [9.17, 15) is 32.7 Å². The second kappa shape index (κ2) is 15.5. The van der Waals surface area contributed by atoms with Crippen molar-refractivity contribution >= 4 is 23.9 Å². The van der Waals surface area contributed by atoms with Crippen LogP contribution in [0.4, 0.5) is 18.0 Å². The van der Waals surface area contributed by atoms with E-state index in [1.54, 1.807) is 24.3 Å². The first-order chi connectivity index (χ1) is 20.9. The average Bonchev–Trinajstić information content (AvgIpc) is 3.34. The number of aliphatic carboxylic acids is 1. The van der Waals surface area contributed by atoms with Crippen LogP contribution in [0.15, 0.2) is 78.9 Å². The lowest BCUT2D eigenvalue weighted by Gasteiger charge is -2.19. The highest BCUT2D eigenvalue weighted by molar-refractivity contribution is 5.88. The van der Waals surface area contributed by atoms with E-state index in [1.807, 2.05) is 54.6 Å². The van der Waals surface area contributed by atoms with Gasteiger partial charge in [-0.2, -0.15) is 13.2 Å². The Hall–Kier alpha value is -4.95. The van der Waals surface area contributed by atoms with E-state index in [0.29, 0.717) is 0 Å². The number of rotatable bonds is 10. The fourth-order valence-corrected chi connectivity index (χ4v) is 4.22. The number of aliphatic hydroxyl groups is 1. The molecule has 0 bridgehead atoms. The second-order valence-corrected chi connectivity index (χ2v) is 9.45. The number of carboxylic acids is 1. The zero-order valence-electron chi connectivity index (χ0n) is 23.1. The molecule has 0 heterocycles. The number of carboxylic acid groups (broad SMARTS) is 1. The summed E-state index contributed by atoms with van der Waals surface area (Å²) in [6.07, 6.45) is -5.80. The third kappa shape index (κ3) is 9.28. The van der Waals surface area contributed by atoms with E-state index in [1.165, 1.54) is 0 Å². The Morgan fingerprint density at radius 1 is 0.864 bits per heavy atom. The number of carbonyl (C=O) groups is 4. The molecule has 44 heavy (non-hydrogen) atoms. The van der Waals surface area contributed by atoms with Gasteiger partial charge in [-0.3, -0.25) is 4.79 Å². The summed E-state index contributed by atoms with van der Waals surface area (Å²) in [7, 11) is 0. The highest BCUT2D eigenvalue weighted by Crippen LogP contribution is 2.44. The van der Waals surface area contributed by atoms with Crippen molar-refractivity contribution in [1.29, 1.82) is 0 Å². The van der Waals surface area contributed by atoms with Crippen molar-refractivity contribution in [1.82, 2.24) is 10.6 Å². The number of carbonyl (C=O) groups excluding carboxylic acids is 3. The Morgan fingerprint density at radius 3 is 1.91 bits per heavy atom. The Morgan fingerprint density at radius 2 is 1.39 bits per heavy atom. The quantitative estimate of drug-likeness (QED) is 0.214. The molecule has 0 radical (unpaired) electrons. The number of esters is 1. The number of hydrogen-bond acceptors (Lipinski definition) is 8. The SMILES string of the molecule is NC(CNC(=O)OCC1c2ccccc2-c2ccccc21)C(=O)NC(CO)C(=O)OCc1ccccc1.O=C(O)C(F)(F)F. The predicted molar refractivity (Wildman–Crippen MR) is 150 cm³/mol. The van der Waals surface area contributed by atoms with Crippen molar-refractivity contribution in [2.45, 2.75) is 30.8 Å². The highest BCUT2D eigenvalue weighted by atomic mass is 19.4. The maximum absolute atomic E-state index is 12.4. The number of alkyl halides is 3. The Kier molecular flexibility index (Phi) is 11.8. The molecule has 14 heteroatoms. The van der Waals surface area contributed by atoms with Gasteiger partial charge in [0.15, 0.2) is 6.04 Å². The van der Waals surface area contributed by atoms with E-state index in [-0.39, 0.29) is 25.7 Å². The van der Waals surface area contributed by atoms with Gasteiger partial charge >= 0.3 is 24.2 Å². The molecule has 11 nitrogen and oxygen atoms in total. The van der Waals surface area contributed by atoms with Gasteiger partial charge in [0.2, 0.25) is 5.91 Å². The van der Waals surface area contributed by atoms with Crippen LogP contribution in [0.5, 0.6) is 0 Å². The van der Waals surface area contributed by atoms with Gasteiger partial charge in [0, 0.05) is 12.5 Å². The Balaban J connectivity index is 0.000000676. The molecule has 6 N–H and O–H groups in total. The van der Waals surface area contributed by atoms with Crippen molar-refractivity contribution < 1.29 is 52.0 Å².